The lowest BCUT2D eigenvalue weighted by atomic mass is 9.87. The van der Waals surface area contributed by atoms with Crippen molar-refractivity contribution in [2.75, 3.05) is 26.8 Å². The SMILES string of the molecule is CCOCCCNC(=NC)NC1CCC(C)CC1. The second kappa shape index (κ2) is 9.20. The molecule has 1 fully saturated rings. The average Bonchev–Trinajstić information content (AvgIpc) is 2.39. The number of nitrogens with zero attached hydrogens (tertiary/aromatic N) is 1. The Morgan fingerprint density at radius 1 is 1.28 bits per heavy atom. The van der Waals surface area contributed by atoms with Crippen molar-refractivity contribution in [2.45, 2.75) is 52.0 Å². The molecule has 0 aliphatic heterocycles. The van der Waals surface area contributed by atoms with Gasteiger partial charge in [-0.05, 0) is 44.9 Å². The van der Waals surface area contributed by atoms with Crippen LogP contribution in [-0.2, 0) is 4.74 Å². The predicted octanol–water partition coefficient (Wildman–Crippen LogP) is 2.16. The van der Waals surface area contributed by atoms with Crippen LogP contribution in [0.4, 0.5) is 0 Å². The van der Waals surface area contributed by atoms with Crippen LogP contribution in [0.3, 0.4) is 0 Å². The van der Waals surface area contributed by atoms with Crippen molar-refractivity contribution in [3.63, 3.8) is 0 Å². The summed E-state index contributed by atoms with van der Waals surface area (Å²) >= 11 is 0. The lowest BCUT2D eigenvalue weighted by molar-refractivity contribution is 0.145. The second-order valence-electron chi connectivity index (χ2n) is 5.15. The molecule has 0 amide bonds. The summed E-state index contributed by atoms with van der Waals surface area (Å²) in [4.78, 5) is 4.27. The number of rotatable bonds is 6. The van der Waals surface area contributed by atoms with Gasteiger partial charge in [-0.2, -0.15) is 0 Å². The van der Waals surface area contributed by atoms with Gasteiger partial charge in [0.25, 0.3) is 0 Å². The molecule has 1 aliphatic carbocycles. The molecular formula is C14H29N3O. The first kappa shape index (κ1) is 15.3. The van der Waals surface area contributed by atoms with Crippen molar-refractivity contribution in [1.82, 2.24) is 10.6 Å². The van der Waals surface area contributed by atoms with Gasteiger partial charge in [0.2, 0.25) is 0 Å². The third-order valence-electron chi connectivity index (χ3n) is 3.54. The van der Waals surface area contributed by atoms with Crippen molar-refractivity contribution in [3.05, 3.63) is 0 Å². The Kier molecular flexibility index (Phi) is 7.81. The summed E-state index contributed by atoms with van der Waals surface area (Å²) in [5.74, 6) is 1.83. The summed E-state index contributed by atoms with van der Waals surface area (Å²) < 4.78 is 5.31. The molecule has 0 aromatic carbocycles. The molecule has 0 bridgehead atoms. The number of nitrogens with one attached hydrogen (secondary N) is 2. The average molecular weight is 255 g/mol. The fourth-order valence-electron chi connectivity index (χ4n) is 2.32. The van der Waals surface area contributed by atoms with Crippen LogP contribution >= 0.6 is 0 Å². The van der Waals surface area contributed by atoms with Gasteiger partial charge in [0.05, 0.1) is 0 Å². The van der Waals surface area contributed by atoms with Gasteiger partial charge in [0, 0.05) is 32.8 Å². The molecule has 0 aromatic rings. The number of ether oxygens (including phenoxy) is 1. The summed E-state index contributed by atoms with van der Waals surface area (Å²) in [6, 6.07) is 0.597. The van der Waals surface area contributed by atoms with Crippen molar-refractivity contribution >= 4 is 5.96 Å². The largest absolute Gasteiger partial charge is 0.382 e. The summed E-state index contributed by atoms with van der Waals surface area (Å²) in [5, 5.41) is 6.86. The highest BCUT2D eigenvalue weighted by Gasteiger charge is 2.18. The lowest BCUT2D eigenvalue weighted by Gasteiger charge is -2.28. The zero-order valence-corrected chi connectivity index (χ0v) is 12.2. The van der Waals surface area contributed by atoms with E-state index in [4.69, 9.17) is 4.74 Å². The number of aliphatic imine (C=N–C) groups is 1. The molecule has 0 radical (unpaired) electrons. The van der Waals surface area contributed by atoms with E-state index < -0.39 is 0 Å². The summed E-state index contributed by atoms with van der Waals surface area (Å²) in [6.45, 7) is 6.91. The highest BCUT2D eigenvalue weighted by molar-refractivity contribution is 5.79. The Bertz CT molecular complexity index is 235. The van der Waals surface area contributed by atoms with E-state index in [0.29, 0.717) is 6.04 Å². The van der Waals surface area contributed by atoms with Crippen LogP contribution in [0.25, 0.3) is 0 Å². The Hall–Kier alpha value is -0.770. The van der Waals surface area contributed by atoms with E-state index in [-0.39, 0.29) is 0 Å². The van der Waals surface area contributed by atoms with Crippen LogP contribution in [0.5, 0.6) is 0 Å². The van der Waals surface area contributed by atoms with E-state index >= 15 is 0 Å². The van der Waals surface area contributed by atoms with Gasteiger partial charge in [0.15, 0.2) is 5.96 Å². The molecule has 1 rings (SSSR count). The van der Waals surface area contributed by atoms with Crippen LogP contribution in [0, 0.1) is 5.92 Å². The molecule has 1 aliphatic rings. The monoisotopic (exact) mass is 255 g/mol. The quantitative estimate of drug-likeness (QED) is 0.434. The molecule has 1 saturated carbocycles. The van der Waals surface area contributed by atoms with Gasteiger partial charge in [-0.25, -0.2) is 0 Å². The number of hydrogen-bond acceptors (Lipinski definition) is 2. The zero-order valence-electron chi connectivity index (χ0n) is 12.2. The van der Waals surface area contributed by atoms with Gasteiger partial charge >= 0.3 is 0 Å². The number of guanidine groups is 1. The Balaban J connectivity index is 2.13. The van der Waals surface area contributed by atoms with E-state index in [2.05, 4.69) is 22.5 Å². The molecule has 106 valence electrons. The minimum absolute atomic E-state index is 0.597. The van der Waals surface area contributed by atoms with Crippen LogP contribution in [0.1, 0.15) is 46.0 Å². The van der Waals surface area contributed by atoms with Crippen LogP contribution in [0.2, 0.25) is 0 Å². The van der Waals surface area contributed by atoms with Crippen molar-refractivity contribution in [3.8, 4) is 0 Å². The van der Waals surface area contributed by atoms with E-state index in [1.54, 1.807) is 0 Å². The topological polar surface area (TPSA) is 45.6 Å². The van der Waals surface area contributed by atoms with Gasteiger partial charge in [-0.3, -0.25) is 4.99 Å². The molecule has 18 heavy (non-hydrogen) atoms. The van der Waals surface area contributed by atoms with Crippen molar-refractivity contribution in [1.29, 1.82) is 0 Å². The molecule has 0 spiro atoms. The Labute approximate surface area is 112 Å². The molecule has 4 heteroatoms. The van der Waals surface area contributed by atoms with Gasteiger partial charge in [-0.15, -0.1) is 0 Å². The van der Waals surface area contributed by atoms with Crippen LogP contribution < -0.4 is 10.6 Å². The molecule has 0 aromatic heterocycles. The zero-order chi connectivity index (χ0) is 13.2. The first-order valence-electron chi connectivity index (χ1n) is 7.31. The highest BCUT2D eigenvalue weighted by Crippen LogP contribution is 2.23. The van der Waals surface area contributed by atoms with Crippen molar-refractivity contribution in [2.24, 2.45) is 10.9 Å². The molecule has 4 nitrogen and oxygen atoms in total. The molecule has 0 atom stereocenters. The predicted molar refractivity (Wildman–Crippen MR) is 77.0 cm³/mol. The van der Waals surface area contributed by atoms with Crippen LogP contribution in [0.15, 0.2) is 4.99 Å². The first-order valence-corrected chi connectivity index (χ1v) is 7.31. The van der Waals surface area contributed by atoms with Crippen molar-refractivity contribution < 1.29 is 4.74 Å². The van der Waals surface area contributed by atoms with E-state index in [1.807, 2.05) is 14.0 Å². The van der Waals surface area contributed by atoms with E-state index in [0.717, 1.165) is 38.1 Å². The molecule has 0 unspecified atom stereocenters. The maximum Gasteiger partial charge on any atom is 0.191 e. The van der Waals surface area contributed by atoms with Gasteiger partial charge in [-0.1, -0.05) is 6.92 Å². The third-order valence-corrected chi connectivity index (χ3v) is 3.54. The Morgan fingerprint density at radius 3 is 2.61 bits per heavy atom. The minimum atomic E-state index is 0.597. The standard InChI is InChI=1S/C14H29N3O/c1-4-18-11-5-10-16-14(15-3)17-13-8-6-12(2)7-9-13/h12-13H,4-11H2,1-3H3,(H2,15,16,17). The second-order valence-corrected chi connectivity index (χ2v) is 5.15. The van der Waals surface area contributed by atoms with Gasteiger partial charge in [0.1, 0.15) is 0 Å². The summed E-state index contributed by atoms with van der Waals surface area (Å²) in [7, 11) is 1.84. The minimum Gasteiger partial charge on any atom is -0.382 e. The molecule has 2 N–H and O–H groups in total. The number of hydrogen-bond donors (Lipinski definition) is 2. The maximum atomic E-state index is 5.31. The third kappa shape index (κ3) is 6.24. The fourth-order valence-corrected chi connectivity index (χ4v) is 2.32. The van der Waals surface area contributed by atoms with E-state index in [9.17, 15) is 0 Å². The first-order chi connectivity index (χ1) is 8.76. The summed E-state index contributed by atoms with van der Waals surface area (Å²) in [6.07, 6.45) is 6.22. The van der Waals surface area contributed by atoms with Crippen LogP contribution in [-0.4, -0.2) is 38.8 Å². The van der Waals surface area contributed by atoms with E-state index in [1.165, 1.54) is 25.7 Å². The molecule has 0 heterocycles. The molecular weight excluding hydrogens is 226 g/mol. The fraction of sp³-hybridized carbons (Fsp3) is 0.929. The Morgan fingerprint density at radius 2 is 2.00 bits per heavy atom. The highest BCUT2D eigenvalue weighted by atomic mass is 16.5. The maximum absolute atomic E-state index is 5.31. The molecule has 0 saturated heterocycles. The van der Waals surface area contributed by atoms with Gasteiger partial charge < -0.3 is 15.4 Å². The smallest absolute Gasteiger partial charge is 0.191 e. The summed E-state index contributed by atoms with van der Waals surface area (Å²) in [5.41, 5.74) is 0. The lowest BCUT2D eigenvalue weighted by Crippen LogP contribution is -2.45. The normalized spacial score (nSPS) is 24.9.